The van der Waals surface area contributed by atoms with Crippen molar-refractivity contribution in [3.8, 4) is 16.8 Å². The molecule has 0 N–H and O–H groups in total. The summed E-state index contributed by atoms with van der Waals surface area (Å²) in [7, 11) is 0. The fraction of sp³-hybridized carbons (Fsp3) is 0.0154. The SMILES string of the molecule is c1ccc(N(c2ccccc2)C2(c3ccccc3)c3ccccc3-c3ccc(N(c4ccc5c(c4)sc4ccccc45)c4ccc5c6ccccc6n(-c6ccc7ccccc7c6)c5c4)cc32)cc1. The molecule has 4 heteroatoms. The van der Waals surface area contributed by atoms with E-state index >= 15 is 0 Å². The smallest absolute Gasteiger partial charge is 0.122 e. The summed E-state index contributed by atoms with van der Waals surface area (Å²) in [5.41, 5.74) is 14.3. The Bertz CT molecular complexity index is 4060. The third-order valence-corrected chi connectivity index (χ3v) is 15.5. The zero-order valence-electron chi connectivity index (χ0n) is 37.6. The van der Waals surface area contributed by atoms with Crippen molar-refractivity contribution in [1.82, 2.24) is 4.57 Å². The summed E-state index contributed by atoms with van der Waals surface area (Å²) < 4.78 is 5.00. The minimum Gasteiger partial charge on any atom is -0.323 e. The Morgan fingerprint density at radius 2 is 0.899 bits per heavy atom. The molecule has 2 aromatic heterocycles. The number of thiophene rings is 1. The van der Waals surface area contributed by atoms with Gasteiger partial charge in [-0.05, 0) is 124 Å². The zero-order chi connectivity index (χ0) is 45.5. The van der Waals surface area contributed by atoms with E-state index in [0.717, 1.165) is 39.6 Å². The van der Waals surface area contributed by atoms with Crippen LogP contribution in [0.3, 0.4) is 0 Å². The van der Waals surface area contributed by atoms with Gasteiger partial charge in [0.2, 0.25) is 0 Å². The highest BCUT2D eigenvalue weighted by Gasteiger charge is 2.50. The molecular formula is C65H43N3S. The van der Waals surface area contributed by atoms with E-state index in [1.54, 1.807) is 0 Å². The van der Waals surface area contributed by atoms with Gasteiger partial charge < -0.3 is 14.4 Å². The van der Waals surface area contributed by atoms with Crippen molar-refractivity contribution >= 4 is 92.5 Å². The van der Waals surface area contributed by atoms with Crippen LogP contribution in [0, 0.1) is 0 Å². The summed E-state index contributed by atoms with van der Waals surface area (Å²) in [5.74, 6) is 0. The Hall–Kier alpha value is -8.70. The van der Waals surface area contributed by atoms with Crippen LogP contribution >= 0.6 is 11.3 Å². The Labute approximate surface area is 404 Å². The van der Waals surface area contributed by atoms with Gasteiger partial charge in [-0.15, -0.1) is 11.3 Å². The lowest BCUT2D eigenvalue weighted by molar-refractivity contribution is 0.644. The van der Waals surface area contributed by atoms with Gasteiger partial charge >= 0.3 is 0 Å². The van der Waals surface area contributed by atoms with Gasteiger partial charge in [0.1, 0.15) is 5.54 Å². The topological polar surface area (TPSA) is 11.4 Å². The van der Waals surface area contributed by atoms with Crippen LogP contribution in [0.2, 0.25) is 0 Å². The number of anilines is 5. The fourth-order valence-corrected chi connectivity index (χ4v) is 12.6. The largest absolute Gasteiger partial charge is 0.323 e. The third kappa shape index (κ3) is 6.06. The average molecular weight is 898 g/mol. The second-order valence-corrected chi connectivity index (χ2v) is 19.1. The second-order valence-electron chi connectivity index (χ2n) is 18.1. The first-order valence-corrected chi connectivity index (χ1v) is 24.5. The highest BCUT2D eigenvalue weighted by atomic mass is 32.1. The van der Waals surface area contributed by atoms with Gasteiger partial charge in [0, 0.05) is 65.1 Å². The molecule has 1 aliphatic carbocycles. The number of aromatic nitrogens is 1. The zero-order valence-corrected chi connectivity index (χ0v) is 38.4. The highest BCUT2D eigenvalue weighted by molar-refractivity contribution is 7.25. The summed E-state index contributed by atoms with van der Waals surface area (Å²) in [6.07, 6.45) is 0. The Balaban J connectivity index is 1.06. The first-order chi connectivity index (χ1) is 34.2. The van der Waals surface area contributed by atoms with Gasteiger partial charge in [0.25, 0.3) is 0 Å². The molecule has 14 rings (SSSR count). The number of hydrogen-bond donors (Lipinski definition) is 0. The van der Waals surface area contributed by atoms with Gasteiger partial charge in [0.05, 0.1) is 11.0 Å². The predicted octanol–water partition coefficient (Wildman–Crippen LogP) is 17.9. The van der Waals surface area contributed by atoms with Crippen LogP contribution in [0.1, 0.15) is 16.7 Å². The van der Waals surface area contributed by atoms with Crippen LogP contribution in [0.25, 0.3) is 69.6 Å². The molecule has 0 aliphatic heterocycles. The Morgan fingerprint density at radius 3 is 1.70 bits per heavy atom. The summed E-state index contributed by atoms with van der Waals surface area (Å²) in [4.78, 5) is 5.05. The van der Waals surface area contributed by atoms with Gasteiger partial charge in [-0.25, -0.2) is 0 Å². The summed E-state index contributed by atoms with van der Waals surface area (Å²) >= 11 is 1.86. The van der Waals surface area contributed by atoms with Gasteiger partial charge in [-0.3, -0.25) is 0 Å². The molecule has 1 unspecified atom stereocenters. The van der Waals surface area contributed by atoms with Crippen molar-refractivity contribution in [2.45, 2.75) is 5.54 Å². The molecule has 69 heavy (non-hydrogen) atoms. The second kappa shape index (κ2) is 15.7. The van der Waals surface area contributed by atoms with Crippen LogP contribution in [-0.2, 0) is 5.54 Å². The van der Waals surface area contributed by atoms with E-state index in [-0.39, 0.29) is 0 Å². The fourth-order valence-electron chi connectivity index (χ4n) is 11.4. The molecular weight excluding hydrogens is 855 g/mol. The molecule has 1 atom stereocenters. The maximum absolute atomic E-state index is 2.57. The number of fused-ring (bicyclic) bond motifs is 10. The number of para-hydroxylation sites is 3. The lowest BCUT2D eigenvalue weighted by Crippen LogP contribution is -2.44. The van der Waals surface area contributed by atoms with Crippen LogP contribution in [0.4, 0.5) is 28.4 Å². The standard InChI is InChI=1S/C65H43N3S/c1-4-20-46(21-5-1)65(68(47-22-6-2-7-23-47)48-24-8-3-9-25-48)59-29-15-12-26-53(59)54-37-34-50(41-60(54)65)66(52-36-39-58-57-28-14-17-31-63(57)69-64(58)43-52)51-35-38-56-55-27-13-16-30-61(55)67(62(56)42-51)49-33-32-44-18-10-11-19-45(44)40-49/h1-43H. The Morgan fingerprint density at radius 1 is 0.333 bits per heavy atom. The molecule has 11 aromatic carbocycles. The minimum absolute atomic E-state index is 0.751. The molecule has 0 saturated heterocycles. The van der Waals surface area contributed by atoms with Crippen molar-refractivity contribution in [3.05, 3.63) is 278 Å². The molecule has 0 bridgehead atoms. The van der Waals surface area contributed by atoms with Gasteiger partial charge in [-0.1, -0.05) is 176 Å². The summed E-state index contributed by atoms with van der Waals surface area (Å²) in [6.45, 7) is 0. The van der Waals surface area contributed by atoms with Gasteiger partial charge in [-0.2, -0.15) is 0 Å². The first-order valence-electron chi connectivity index (χ1n) is 23.7. The van der Waals surface area contributed by atoms with Crippen LogP contribution in [0.15, 0.2) is 261 Å². The first kappa shape index (κ1) is 39.5. The summed E-state index contributed by atoms with van der Waals surface area (Å²) in [6, 6.07) is 96.4. The molecule has 0 fully saturated rings. The molecule has 1 aliphatic rings. The molecule has 0 saturated carbocycles. The Kier molecular flexibility index (Phi) is 8.98. The lowest BCUT2D eigenvalue weighted by Gasteiger charge is -2.45. The highest BCUT2D eigenvalue weighted by Crippen LogP contribution is 2.59. The molecule has 324 valence electrons. The molecule has 0 spiro atoms. The maximum Gasteiger partial charge on any atom is 0.122 e. The van der Waals surface area contributed by atoms with Crippen LogP contribution in [-0.4, -0.2) is 4.57 Å². The van der Waals surface area contributed by atoms with Crippen molar-refractivity contribution < 1.29 is 0 Å². The van der Waals surface area contributed by atoms with E-state index in [2.05, 4.69) is 275 Å². The van der Waals surface area contributed by atoms with Crippen molar-refractivity contribution in [2.75, 3.05) is 9.80 Å². The van der Waals surface area contributed by atoms with Crippen molar-refractivity contribution in [3.63, 3.8) is 0 Å². The molecule has 2 heterocycles. The van der Waals surface area contributed by atoms with E-state index in [4.69, 9.17) is 0 Å². The van der Waals surface area contributed by atoms with E-state index < -0.39 is 5.54 Å². The van der Waals surface area contributed by atoms with Crippen molar-refractivity contribution in [1.29, 1.82) is 0 Å². The minimum atomic E-state index is -0.751. The maximum atomic E-state index is 2.57. The monoisotopic (exact) mass is 897 g/mol. The van der Waals surface area contributed by atoms with Crippen LogP contribution < -0.4 is 9.80 Å². The number of nitrogens with zero attached hydrogens (tertiary/aromatic N) is 3. The lowest BCUT2D eigenvalue weighted by atomic mass is 9.78. The van der Waals surface area contributed by atoms with Gasteiger partial charge in [0.15, 0.2) is 0 Å². The van der Waals surface area contributed by atoms with E-state index in [1.807, 2.05) is 11.3 Å². The third-order valence-electron chi connectivity index (χ3n) is 14.3. The number of rotatable bonds is 8. The van der Waals surface area contributed by atoms with E-state index in [0.29, 0.717) is 0 Å². The molecule has 13 aromatic rings. The van der Waals surface area contributed by atoms with E-state index in [1.165, 1.54) is 75.1 Å². The van der Waals surface area contributed by atoms with Crippen molar-refractivity contribution in [2.24, 2.45) is 0 Å². The summed E-state index contributed by atoms with van der Waals surface area (Å²) in [5, 5.41) is 7.47. The number of benzene rings is 11. The average Bonchev–Trinajstić information content (AvgIpc) is 4.05. The van der Waals surface area contributed by atoms with Crippen LogP contribution in [0.5, 0.6) is 0 Å². The van der Waals surface area contributed by atoms with E-state index in [9.17, 15) is 0 Å². The molecule has 3 nitrogen and oxygen atoms in total. The predicted molar refractivity (Wildman–Crippen MR) is 293 cm³/mol. The number of hydrogen-bond acceptors (Lipinski definition) is 3. The molecule has 0 radical (unpaired) electrons. The molecule has 0 amide bonds. The quantitative estimate of drug-likeness (QED) is 0.151. The normalized spacial score (nSPS) is 14.1.